The van der Waals surface area contributed by atoms with Gasteiger partial charge in [-0.05, 0) is 5.56 Å². The normalized spacial score (nSPS) is 16.9. The van der Waals surface area contributed by atoms with Gasteiger partial charge in [0.1, 0.15) is 0 Å². The highest BCUT2D eigenvalue weighted by molar-refractivity contribution is 6.01. The minimum atomic E-state index is -0.394. The van der Waals surface area contributed by atoms with Gasteiger partial charge < -0.3 is 9.40 Å². The third-order valence-corrected chi connectivity index (χ3v) is 4.46. The molecule has 2 aromatic heterocycles. The van der Waals surface area contributed by atoms with Crippen LogP contribution in [0.1, 0.15) is 12.0 Å². The molecule has 0 spiro atoms. The summed E-state index contributed by atoms with van der Waals surface area (Å²) in [5.41, 5.74) is 1.91. The van der Waals surface area contributed by atoms with E-state index in [1.54, 1.807) is 17.9 Å². The molecule has 3 aromatic rings. The SMILES string of the molecule is Cn1c(=O)c2c(ncn2C[C@H]2CC(c3ccccc3)=NO2)n(C)c1=O. The Kier molecular flexibility index (Phi) is 3.52. The minimum absolute atomic E-state index is 0.186. The molecule has 0 saturated carbocycles. The summed E-state index contributed by atoms with van der Waals surface area (Å²) in [4.78, 5) is 34.2. The van der Waals surface area contributed by atoms with Crippen molar-refractivity contribution < 1.29 is 4.84 Å². The monoisotopic (exact) mass is 339 g/mol. The van der Waals surface area contributed by atoms with Crippen LogP contribution in [-0.4, -0.2) is 30.5 Å². The van der Waals surface area contributed by atoms with Crippen LogP contribution in [0.3, 0.4) is 0 Å². The Bertz CT molecular complexity index is 1090. The maximum Gasteiger partial charge on any atom is 0.332 e. The second kappa shape index (κ2) is 5.73. The molecule has 1 aliphatic heterocycles. The Balaban J connectivity index is 1.63. The van der Waals surface area contributed by atoms with E-state index in [0.29, 0.717) is 24.1 Å². The van der Waals surface area contributed by atoms with Crippen LogP contribution in [0.4, 0.5) is 0 Å². The molecule has 0 saturated heterocycles. The van der Waals surface area contributed by atoms with Gasteiger partial charge in [-0.3, -0.25) is 13.9 Å². The van der Waals surface area contributed by atoms with Crippen LogP contribution in [0.5, 0.6) is 0 Å². The number of nitrogens with zero attached hydrogens (tertiary/aromatic N) is 5. The van der Waals surface area contributed by atoms with E-state index in [0.717, 1.165) is 15.8 Å². The minimum Gasteiger partial charge on any atom is -0.390 e. The van der Waals surface area contributed by atoms with Crippen LogP contribution in [0.25, 0.3) is 11.2 Å². The van der Waals surface area contributed by atoms with E-state index >= 15 is 0 Å². The van der Waals surface area contributed by atoms with Crippen LogP contribution < -0.4 is 11.2 Å². The fourth-order valence-corrected chi connectivity index (χ4v) is 3.08. The third kappa shape index (κ3) is 2.46. The fraction of sp³-hybridized carbons (Fsp3) is 0.294. The van der Waals surface area contributed by atoms with E-state index in [9.17, 15) is 9.59 Å². The maximum absolute atomic E-state index is 12.5. The maximum atomic E-state index is 12.5. The number of aromatic nitrogens is 4. The average molecular weight is 339 g/mol. The number of oxime groups is 1. The first kappa shape index (κ1) is 15.4. The Morgan fingerprint density at radius 3 is 2.68 bits per heavy atom. The summed E-state index contributed by atoms with van der Waals surface area (Å²) in [7, 11) is 3.06. The quantitative estimate of drug-likeness (QED) is 0.700. The zero-order chi connectivity index (χ0) is 17.6. The molecule has 1 aliphatic rings. The average Bonchev–Trinajstić information content (AvgIpc) is 3.27. The van der Waals surface area contributed by atoms with Crippen molar-refractivity contribution in [1.29, 1.82) is 0 Å². The van der Waals surface area contributed by atoms with Crippen molar-refractivity contribution in [1.82, 2.24) is 18.7 Å². The van der Waals surface area contributed by atoms with E-state index in [2.05, 4.69) is 10.1 Å². The molecule has 4 rings (SSSR count). The lowest BCUT2D eigenvalue weighted by Crippen LogP contribution is -2.37. The molecular weight excluding hydrogens is 322 g/mol. The molecule has 0 fully saturated rings. The van der Waals surface area contributed by atoms with Gasteiger partial charge in [0.15, 0.2) is 17.3 Å². The second-order valence-corrected chi connectivity index (χ2v) is 6.11. The molecule has 3 heterocycles. The number of hydrogen-bond donors (Lipinski definition) is 0. The molecule has 0 aliphatic carbocycles. The molecule has 0 N–H and O–H groups in total. The van der Waals surface area contributed by atoms with Gasteiger partial charge in [-0.15, -0.1) is 0 Å². The van der Waals surface area contributed by atoms with Gasteiger partial charge in [0.25, 0.3) is 5.56 Å². The summed E-state index contributed by atoms with van der Waals surface area (Å²) in [6, 6.07) is 9.85. The van der Waals surface area contributed by atoms with Crippen LogP contribution >= 0.6 is 0 Å². The number of aryl methyl sites for hydroxylation is 1. The fourth-order valence-electron chi connectivity index (χ4n) is 3.08. The highest BCUT2D eigenvalue weighted by Gasteiger charge is 2.24. The van der Waals surface area contributed by atoms with Gasteiger partial charge in [-0.25, -0.2) is 9.78 Å². The third-order valence-electron chi connectivity index (χ3n) is 4.46. The summed E-state index contributed by atoms with van der Waals surface area (Å²) >= 11 is 0. The van der Waals surface area contributed by atoms with Gasteiger partial charge >= 0.3 is 5.69 Å². The number of hydrogen-bond acceptors (Lipinski definition) is 5. The van der Waals surface area contributed by atoms with E-state index < -0.39 is 5.69 Å². The van der Waals surface area contributed by atoms with Crippen molar-refractivity contribution in [3.05, 3.63) is 63.1 Å². The molecule has 8 nitrogen and oxygen atoms in total. The molecule has 0 unspecified atom stereocenters. The number of imidazole rings is 1. The van der Waals surface area contributed by atoms with Crippen LogP contribution in [-0.2, 0) is 25.5 Å². The predicted molar refractivity (Wildman–Crippen MR) is 92.7 cm³/mol. The summed E-state index contributed by atoms with van der Waals surface area (Å²) in [5, 5.41) is 4.16. The Labute approximate surface area is 142 Å². The molecule has 8 heteroatoms. The van der Waals surface area contributed by atoms with E-state index in [4.69, 9.17) is 4.84 Å². The van der Waals surface area contributed by atoms with Gasteiger partial charge in [-0.1, -0.05) is 35.5 Å². The molecule has 0 radical (unpaired) electrons. The molecule has 1 aromatic carbocycles. The zero-order valence-corrected chi connectivity index (χ0v) is 13.9. The van der Waals surface area contributed by atoms with Crippen molar-refractivity contribution in [2.75, 3.05) is 0 Å². The predicted octanol–water partition coefficient (Wildman–Crippen LogP) is 0.627. The summed E-state index contributed by atoms with van der Waals surface area (Å²) < 4.78 is 4.18. The zero-order valence-electron chi connectivity index (χ0n) is 13.9. The summed E-state index contributed by atoms with van der Waals surface area (Å²) in [6.07, 6.45) is 2.03. The number of benzene rings is 1. The highest BCUT2D eigenvalue weighted by atomic mass is 16.6. The van der Waals surface area contributed by atoms with Gasteiger partial charge in [0.2, 0.25) is 0 Å². The first-order chi connectivity index (χ1) is 12.1. The van der Waals surface area contributed by atoms with Crippen molar-refractivity contribution in [2.24, 2.45) is 19.3 Å². The first-order valence-corrected chi connectivity index (χ1v) is 7.95. The molecule has 128 valence electrons. The number of fused-ring (bicyclic) bond motifs is 1. The van der Waals surface area contributed by atoms with Crippen LogP contribution in [0.15, 0.2) is 51.4 Å². The van der Waals surface area contributed by atoms with Gasteiger partial charge in [0.05, 0.1) is 18.6 Å². The molecule has 25 heavy (non-hydrogen) atoms. The lowest BCUT2D eigenvalue weighted by atomic mass is 10.1. The second-order valence-electron chi connectivity index (χ2n) is 6.11. The Hall–Kier alpha value is -3.16. The van der Waals surface area contributed by atoms with Crippen molar-refractivity contribution in [2.45, 2.75) is 19.1 Å². The van der Waals surface area contributed by atoms with Crippen molar-refractivity contribution in [3.63, 3.8) is 0 Å². The van der Waals surface area contributed by atoms with Gasteiger partial charge in [0, 0.05) is 20.5 Å². The lowest BCUT2D eigenvalue weighted by Gasteiger charge is -2.10. The van der Waals surface area contributed by atoms with Gasteiger partial charge in [-0.2, -0.15) is 0 Å². The standard InChI is InChI=1S/C17H17N5O3/c1-20-15-14(16(23)21(2)17(20)24)22(10-18-15)9-12-8-13(19-25-12)11-6-4-3-5-7-11/h3-7,10,12H,8-9H2,1-2H3/t12-/m1/s1. The highest BCUT2D eigenvalue weighted by Crippen LogP contribution is 2.19. The van der Waals surface area contributed by atoms with E-state index in [1.807, 2.05) is 30.3 Å². The van der Waals surface area contributed by atoms with E-state index in [-0.39, 0.29) is 11.7 Å². The molecule has 0 bridgehead atoms. The van der Waals surface area contributed by atoms with E-state index in [1.165, 1.54) is 11.6 Å². The molecule has 0 amide bonds. The lowest BCUT2D eigenvalue weighted by molar-refractivity contribution is 0.0733. The molecule has 1 atom stereocenters. The summed E-state index contributed by atoms with van der Waals surface area (Å²) in [6.45, 7) is 0.434. The van der Waals surface area contributed by atoms with Crippen LogP contribution in [0, 0.1) is 0 Å². The van der Waals surface area contributed by atoms with Crippen molar-refractivity contribution in [3.8, 4) is 0 Å². The summed E-state index contributed by atoms with van der Waals surface area (Å²) in [5.74, 6) is 0. The van der Waals surface area contributed by atoms with Crippen LogP contribution in [0.2, 0.25) is 0 Å². The Morgan fingerprint density at radius 1 is 1.16 bits per heavy atom. The largest absolute Gasteiger partial charge is 0.390 e. The molecular formula is C17H17N5O3. The smallest absolute Gasteiger partial charge is 0.332 e. The number of rotatable bonds is 3. The topological polar surface area (TPSA) is 83.4 Å². The Morgan fingerprint density at radius 2 is 1.92 bits per heavy atom. The van der Waals surface area contributed by atoms with Crippen molar-refractivity contribution >= 4 is 16.9 Å². The first-order valence-electron chi connectivity index (χ1n) is 7.95.